The van der Waals surface area contributed by atoms with Gasteiger partial charge in [0.1, 0.15) is 0 Å². The number of hydrogen-bond donors (Lipinski definition) is 1. The van der Waals surface area contributed by atoms with Crippen molar-refractivity contribution in [3.05, 3.63) is 57.6 Å². The average molecular weight is 527 g/mol. The van der Waals surface area contributed by atoms with Gasteiger partial charge in [0.2, 0.25) is 11.8 Å². The van der Waals surface area contributed by atoms with Crippen LogP contribution in [0.1, 0.15) is 47.7 Å². The first-order valence-electron chi connectivity index (χ1n) is 11.4. The number of esters is 1. The van der Waals surface area contributed by atoms with Crippen LogP contribution in [0.3, 0.4) is 0 Å². The Morgan fingerprint density at radius 3 is 2.38 bits per heavy atom. The molecule has 1 aliphatic heterocycles. The van der Waals surface area contributed by atoms with Crippen LogP contribution < -0.4 is 10.2 Å². The van der Waals surface area contributed by atoms with E-state index in [1.807, 2.05) is 19.9 Å². The van der Waals surface area contributed by atoms with Crippen molar-refractivity contribution >= 4 is 51.0 Å². The summed E-state index contributed by atoms with van der Waals surface area (Å²) in [6.45, 7) is 5.52. The van der Waals surface area contributed by atoms with Crippen LogP contribution >= 0.6 is 15.9 Å². The van der Waals surface area contributed by atoms with Gasteiger partial charge in [-0.05, 0) is 86.6 Å². The van der Waals surface area contributed by atoms with E-state index in [-0.39, 0.29) is 29.2 Å². The Morgan fingerprint density at radius 2 is 1.68 bits per heavy atom. The van der Waals surface area contributed by atoms with Crippen LogP contribution in [-0.2, 0) is 19.1 Å². The topological polar surface area (TPSA) is 92.8 Å². The molecule has 34 heavy (non-hydrogen) atoms. The number of nitrogens with zero attached hydrogens (tertiary/aromatic N) is 1. The molecule has 0 radical (unpaired) electrons. The predicted molar refractivity (Wildman–Crippen MR) is 131 cm³/mol. The monoisotopic (exact) mass is 526 g/mol. The largest absolute Gasteiger partial charge is 0.452 e. The maximum atomic E-state index is 12.9. The number of ether oxygens (including phenoxy) is 1. The van der Waals surface area contributed by atoms with Crippen LogP contribution in [0.5, 0.6) is 0 Å². The average Bonchev–Trinajstić information content (AvgIpc) is 3.07. The minimum absolute atomic E-state index is 0.160. The number of carbonyl (C=O) groups excluding carboxylic acids is 4. The predicted octanol–water partition coefficient (Wildman–Crippen LogP) is 4.79. The number of carbonyl (C=O) groups is 4. The lowest BCUT2D eigenvalue weighted by atomic mass is 9.76. The molecule has 2 aliphatic rings. The first-order valence-corrected chi connectivity index (χ1v) is 12.2. The third kappa shape index (κ3) is 4.64. The minimum atomic E-state index is -0.660. The number of halogens is 1. The van der Waals surface area contributed by atoms with E-state index in [4.69, 9.17) is 4.74 Å². The van der Waals surface area contributed by atoms with E-state index in [9.17, 15) is 19.2 Å². The quantitative estimate of drug-likeness (QED) is 0.446. The Morgan fingerprint density at radius 1 is 1.00 bits per heavy atom. The standard InChI is InChI=1S/C26H27BrN2O5/c1-14-4-9-19-20(12-14)25(32)29(24(19)31)18-7-5-17(6-8-18)26(33)34-13-23(30)28-22-11-10-21(27)15(2)16(22)3/h5-8,10-11,14,19-20H,4,9,12-13H2,1-3H3,(H,28,30)/t14-,19-,20-/m1/s1. The van der Waals surface area contributed by atoms with Gasteiger partial charge in [-0.1, -0.05) is 22.9 Å². The van der Waals surface area contributed by atoms with Gasteiger partial charge >= 0.3 is 5.97 Å². The smallest absolute Gasteiger partial charge is 0.338 e. The molecular weight excluding hydrogens is 500 g/mol. The lowest BCUT2D eigenvalue weighted by molar-refractivity contribution is -0.122. The number of fused-ring (bicyclic) bond motifs is 1. The number of amides is 3. The van der Waals surface area contributed by atoms with Gasteiger partial charge in [0.05, 0.1) is 23.1 Å². The number of hydrogen-bond acceptors (Lipinski definition) is 5. The van der Waals surface area contributed by atoms with Crippen molar-refractivity contribution in [3.8, 4) is 0 Å². The zero-order chi connectivity index (χ0) is 24.6. The van der Waals surface area contributed by atoms with Crippen molar-refractivity contribution in [3.63, 3.8) is 0 Å². The summed E-state index contributed by atoms with van der Waals surface area (Å²) in [4.78, 5) is 51.6. The number of benzene rings is 2. The molecule has 0 aromatic heterocycles. The van der Waals surface area contributed by atoms with Gasteiger partial charge in [0, 0.05) is 10.2 Å². The lowest BCUT2D eigenvalue weighted by Crippen LogP contribution is -2.30. The normalized spacial score (nSPS) is 21.9. The highest BCUT2D eigenvalue weighted by molar-refractivity contribution is 9.10. The summed E-state index contributed by atoms with van der Waals surface area (Å²) in [5.41, 5.74) is 3.27. The molecule has 2 aromatic carbocycles. The molecule has 7 nitrogen and oxygen atoms in total. The SMILES string of the molecule is Cc1c(Br)ccc(NC(=O)COC(=O)c2ccc(N3C(=O)[C@@H]4CC[C@@H](C)C[C@H]4C3=O)cc2)c1C. The van der Waals surface area contributed by atoms with E-state index < -0.39 is 18.5 Å². The molecule has 2 aromatic rings. The Hall–Kier alpha value is -3.00. The molecule has 8 heteroatoms. The van der Waals surface area contributed by atoms with Crippen molar-refractivity contribution in [2.75, 3.05) is 16.8 Å². The van der Waals surface area contributed by atoms with Gasteiger partial charge in [-0.25, -0.2) is 4.79 Å². The van der Waals surface area contributed by atoms with E-state index in [0.717, 1.165) is 34.9 Å². The van der Waals surface area contributed by atoms with E-state index in [1.165, 1.54) is 17.0 Å². The van der Waals surface area contributed by atoms with E-state index >= 15 is 0 Å². The summed E-state index contributed by atoms with van der Waals surface area (Å²) in [5.74, 6) is -1.49. The summed E-state index contributed by atoms with van der Waals surface area (Å²) in [6.07, 6.45) is 2.42. The number of nitrogens with one attached hydrogen (secondary N) is 1. The van der Waals surface area contributed by atoms with E-state index in [2.05, 4.69) is 28.2 Å². The summed E-state index contributed by atoms with van der Waals surface area (Å²) >= 11 is 3.45. The molecule has 0 unspecified atom stereocenters. The Labute approximate surface area is 207 Å². The molecule has 1 N–H and O–H groups in total. The van der Waals surface area contributed by atoms with Crippen molar-refractivity contribution in [1.82, 2.24) is 0 Å². The van der Waals surface area contributed by atoms with Crippen LogP contribution in [0.4, 0.5) is 11.4 Å². The fourth-order valence-corrected chi connectivity index (χ4v) is 5.14. The summed E-state index contributed by atoms with van der Waals surface area (Å²) in [6, 6.07) is 9.77. The van der Waals surface area contributed by atoms with Crippen molar-refractivity contribution < 1.29 is 23.9 Å². The van der Waals surface area contributed by atoms with Crippen molar-refractivity contribution in [2.45, 2.75) is 40.0 Å². The highest BCUT2D eigenvalue weighted by Gasteiger charge is 2.49. The van der Waals surface area contributed by atoms with Gasteiger partial charge in [0.25, 0.3) is 5.91 Å². The second-order valence-electron chi connectivity index (χ2n) is 9.16. The van der Waals surface area contributed by atoms with Gasteiger partial charge in [-0.15, -0.1) is 0 Å². The number of imide groups is 1. The van der Waals surface area contributed by atoms with Crippen LogP contribution in [0.2, 0.25) is 0 Å². The summed E-state index contributed by atoms with van der Waals surface area (Å²) in [7, 11) is 0. The molecule has 0 spiro atoms. The molecule has 4 rings (SSSR count). The molecule has 2 fully saturated rings. The molecule has 1 heterocycles. The van der Waals surface area contributed by atoms with Gasteiger partial charge in [-0.3, -0.25) is 19.3 Å². The minimum Gasteiger partial charge on any atom is -0.452 e. The Balaban J connectivity index is 1.36. The fraction of sp³-hybridized carbons (Fsp3) is 0.385. The molecule has 3 amide bonds. The van der Waals surface area contributed by atoms with Gasteiger partial charge in [-0.2, -0.15) is 0 Å². The molecule has 3 atom stereocenters. The van der Waals surface area contributed by atoms with Crippen LogP contribution in [0.25, 0.3) is 0 Å². The summed E-state index contributed by atoms with van der Waals surface area (Å²) < 4.78 is 6.09. The van der Waals surface area contributed by atoms with Crippen molar-refractivity contribution in [1.29, 1.82) is 0 Å². The van der Waals surface area contributed by atoms with Crippen LogP contribution in [0, 0.1) is 31.6 Å². The molecule has 0 bridgehead atoms. The first-order chi connectivity index (χ1) is 16.2. The van der Waals surface area contributed by atoms with E-state index in [1.54, 1.807) is 18.2 Å². The molecular formula is C26H27BrN2O5. The molecule has 1 aliphatic carbocycles. The highest BCUT2D eigenvalue weighted by atomic mass is 79.9. The third-order valence-corrected chi connectivity index (χ3v) is 7.74. The zero-order valence-corrected chi connectivity index (χ0v) is 21.0. The fourth-order valence-electron chi connectivity index (χ4n) is 4.71. The molecule has 1 saturated heterocycles. The maximum absolute atomic E-state index is 12.9. The molecule has 178 valence electrons. The zero-order valence-electron chi connectivity index (χ0n) is 19.4. The van der Waals surface area contributed by atoms with Gasteiger partial charge < -0.3 is 10.1 Å². The van der Waals surface area contributed by atoms with Crippen LogP contribution in [0.15, 0.2) is 40.9 Å². The van der Waals surface area contributed by atoms with Crippen molar-refractivity contribution in [2.24, 2.45) is 17.8 Å². The van der Waals surface area contributed by atoms with Gasteiger partial charge in [0.15, 0.2) is 6.61 Å². The number of anilines is 2. The lowest BCUT2D eigenvalue weighted by Gasteiger charge is -2.25. The van der Waals surface area contributed by atoms with E-state index in [0.29, 0.717) is 17.3 Å². The summed E-state index contributed by atoms with van der Waals surface area (Å²) in [5, 5.41) is 2.75. The first kappa shape index (κ1) is 24.1. The number of rotatable bonds is 5. The Bertz CT molecular complexity index is 1160. The second-order valence-corrected chi connectivity index (χ2v) is 10.0. The molecule has 1 saturated carbocycles. The second kappa shape index (κ2) is 9.70. The van der Waals surface area contributed by atoms with Crippen LogP contribution in [-0.4, -0.2) is 30.3 Å². The third-order valence-electron chi connectivity index (χ3n) is 6.88. The maximum Gasteiger partial charge on any atom is 0.338 e. The highest BCUT2D eigenvalue weighted by Crippen LogP contribution is 2.42. The Kier molecular flexibility index (Phi) is 6.89.